The molecule has 1 fully saturated rings. The first-order valence-electron chi connectivity index (χ1n) is 10.5. The van der Waals surface area contributed by atoms with Crippen molar-refractivity contribution in [3.05, 3.63) is 66.5 Å². The number of anilines is 2. The van der Waals surface area contributed by atoms with Crippen molar-refractivity contribution in [2.24, 2.45) is 0 Å². The summed E-state index contributed by atoms with van der Waals surface area (Å²) in [5.41, 5.74) is 2.23. The van der Waals surface area contributed by atoms with Gasteiger partial charge in [-0.25, -0.2) is 4.39 Å². The third-order valence-corrected chi connectivity index (χ3v) is 5.19. The SMILES string of the molecule is O=C(COc1cccc(F)c1)Nc1cccc(-c2ccc(N3CCCCCC3)nn2)c1. The van der Waals surface area contributed by atoms with Gasteiger partial charge in [0.15, 0.2) is 12.4 Å². The molecule has 160 valence electrons. The van der Waals surface area contributed by atoms with Gasteiger partial charge in [0.1, 0.15) is 11.6 Å². The van der Waals surface area contributed by atoms with E-state index in [4.69, 9.17) is 4.74 Å². The fourth-order valence-electron chi connectivity index (χ4n) is 3.61. The predicted octanol–water partition coefficient (Wildman–Crippen LogP) is 4.68. The van der Waals surface area contributed by atoms with E-state index in [1.165, 1.54) is 43.9 Å². The van der Waals surface area contributed by atoms with Crippen molar-refractivity contribution in [2.45, 2.75) is 25.7 Å². The maximum atomic E-state index is 13.2. The molecule has 0 atom stereocenters. The molecule has 0 bridgehead atoms. The highest BCUT2D eigenvalue weighted by atomic mass is 19.1. The Balaban J connectivity index is 1.37. The first kappa shape index (κ1) is 20.8. The van der Waals surface area contributed by atoms with Gasteiger partial charge in [0.2, 0.25) is 0 Å². The van der Waals surface area contributed by atoms with Crippen LogP contribution in [0.15, 0.2) is 60.7 Å². The second kappa shape index (κ2) is 10.0. The molecule has 2 aromatic carbocycles. The lowest BCUT2D eigenvalue weighted by Crippen LogP contribution is -2.25. The highest BCUT2D eigenvalue weighted by Gasteiger charge is 2.12. The Labute approximate surface area is 181 Å². The summed E-state index contributed by atoms with van der Waals surface area (Å²) in [7, 11) is 0. The molecule has 1 N–H and O–H groups in total. The number of hydrogen-bond donors (Lipinski definition) is 1. The zero-order chi connectivity index (χ0) is 21.5. The lowest BCUT2D eigenvalue weighted by Gasteiger charge is -2.20. The van der Waals surface area contributed by atoms with E-state index in [0.717, 1.165) is 30.2 Å². The average molecular weight is 420 g/mol. The Morgan fingerprint density at radius 2 is 1.77 bits per heavy atom. The molecular weight excluding hydrogens is 395 g/mol. The minimum Gasteiger partial charge on any atom is -0.484 e. The summed E-state index contributed by atoms with van der Waals surface area (Å²) in [4.78, 5) is 14.5. The molecule has 0 saturated carbocycles. The van der Waals surface area contributed by atoms with E-state index in [9.17, 15) is 9.18 Å². The van der Waals surface area contributed by atoms with Crippen molar-refractivity contribution in [1.82, 2.24) is 10.2 Å². The normalized spacial score (nSPS) is 14.0. The van der Waals surface area contributed by atoms with Crippen LogP contribution in [0.4, 0.5) is 15.9 Å². The molecular formula is C24H25FN4O2. The van der Waals surface area contributed by atoms with Gasteiger partial charge >= 0.3 is 0 Å². The first-order valence-corrected chi connectivity index (χ1v) is 10.5. The zero-order valence-electron chi connectivity index (χ0n) is 17.3. The van der Waals surface area contributed by atoms with Crippen LogP contribution in [0.3, 0.4) is 0 Å². The van der Waals surface area contributed by atoms with Crippen LogP contribution in [-0.4, -0.2) is 35.8 Å². The van der Waals surface area contributed by atoms with Gasteiger partial charge in [-0.2, -0.15) is 0 Å². The number of nitrogens with zero attached hydrogens (tertiary/aromatic N) is 3. The lowest BCUT2D eigenvalue weighted by atomic mass is 10.1. The van der Waals surface area contributed by atoms with Crippen LogP contribution in [0.5, 0.6) is 5.75 Å². The Morgan fingerprint density at radius 1 is 0.968 bits per heavy atom. The van der Waals surface area contributed by atoms with Crippen molar-refractivity contribution in [1.29, 1.82) is 0 Å². The molecule has 1 aliphatic heterocycles. The summed E-state index contributed by atoms with van der Waals surface area (Å²) in [6.45, 7) is 1.83. The molecule has 1 aliphatic rings. The number of rotatable bonds is 6. The largest absolute Gasteiger partial charge is 0.484 e. The van der Waals surface area contributed by atoms with Gasteiger partial charge in [-0.1, -0.05) is 31.0 Å². The minimum atomic E-state index is -0.409. The van der Waals surface area contributed by atoms with Gasteiger partial charge in [-0.05, 0) is 49.2 Å². The fourth-order valence-corrected chi connectivity index (χ4v) is 3.61. The van der Waals surface area contributed by atoms with Gasteiger partial charge in [0.05, 0.1) is 5.69 Å². The number of nitrogens with one attached hydrogen (secondary N) is 1. The molecule has 1 amide bonds. The summed E-state index contributed by atoms with van der Waals surface area (Å²) >= 11 is 0. The van der Waals surface area contributed by atoms with E-state index in [1.54, 1.807) is 12.1 Å². The van der Waals surface area contributed by atoms with Crippen molar-refractivity contribution in [3.63, 3.8) is 0 Å². The van der Waals surface area contributed by atoms with Crippen LogP contribution in [0.1, 0.15) is 25.7 Å². The molecule has 2 heterocycles. The Morgan fingerprint density at radius 3 is 2.52 bits per heavy atom. The van der Waals surface area contributed by atoms with Crippen LogP contribution < -0.4 is 15.0 Å². The molecule has 6 nitrogen and oxygen atoms in total. The number of aromatic nitrogens is 2. The van der Waals surface area contributed by atoms with E-state index < -0.39 is 5.82 Å². The molecule has 31 heavy (non-hydrogen) atoms. The van der Waals surface area contributed by atoms with Crippen LogP contribution >= 0.6 is 0 Å². The monoisotopic (exact) mass is 420 g/mol. The van der Waals surface area contributed by atoms with E-state index in [2.05, 4.69) is 20.4 Å². The summed E-state index contributed by atoms with van der Waals surface area (Å²) in [5, 5.41) is 11.6. The van der Waals surface area contributed by atoms with Gasteiger partial charge in [0.25, 0.3) is 5.91 Å². The zero-order valence-corrected chi connectivity index (χ0v) is 17.3. The molecule has 0 spiro atoms. The first-order chi connectivity index (χ1) is 15.2. The lowest BCUT2D eigenvalue weighted by molar-refractivity contribution is -0.118. The minimum absolute atomic E-state index is 0.210. The molecule has 0 unspecified atom stereocenters. The number of halogens is 1. The van der Waals surface area contributed by atoms with Crippen molar-refractivity contribution in [3.8, 4) is 17.0 Å². The third kappa shape index (κ3) is 5.78. The van der Waals surface area contributed by atoms with E-state index in [0.29, 0.717) is 11.4 Å². The highest BCUT2D eigenvalue weighted by Crippen LogP contribution is 2.23. The fraction of sp³-hybridized carbons (Fsp3) is 0.292. The number of benzene rings is 2. The Kier molecular flexibility index (Phi) is 6.72. The number of amides is 1. The molecule has 1 saturated heterocycles. The molecule has 0 radical (unpaired) electrons. The molecule has 7 heteroatoms. The second-order valence-corrected chi connectivity index (χ2v) is 7.55. The van der Waals surface area contributed by atoms with Crippen LogP contribution in [0.2, 0.25) is 0 Å². The summed E-state index contributed by atoms with van der Waals surface area (Å²) < 4.78 is 18.5. The van der Waals surface area contributed by atoms with Crippen LogP contribution in [-0.2, 0) is 4.79 Å². The molecule has 3 aromatic rings. The quantitative estimate of drug-likeness (QED) is 0.627. The van der Waals surface area contributed by atoms with Crippen LogP contribution in [0, 0.1) is 5.82 Å². The smallest absolute Gasteiger partial charge is 0.262 e. The molecule has 4 rings (SSSR count). The van der Waals surface area contributed by atoms with Crippen molar-refractivity contribution < 1.29 is 13.9 Å². The van der Waals surface area contributed by atoms with Crippen molar-refractivity contribution in [2.75, 3.05) is 29.9 Å². The average Bonchev–Trinajstić information content (AvgIpc) is 3.08. The summed E-state index contributed by atoms with van der Waals surface area (Å²) in [5.74, 6) is 0.478. The molecule has 0 aliphatic carbocycles. The topological polar surface area (TPSA) is 67.3 Å². The van der Waals surface area contributed by atoms with Gasteiger partial charge in [-0.3, -0.25) is 4.79 Å². The predicted molar refractivity (Wildman–Crippen MR) is 119 cm³/mol. The van der Waals surface area contributed by atoms with Gasteiger partial charge in [0, 0.05) is 30.4 Å². The Hall–Kier alpha value is -3.48. The number of carbonyl (C=O) groups excluding carboxylic acids is 1. The van der Waals surface area contributed by atoms with E-state index in [-0.39, 0.29) is 12.5 Å². The van der Waals surface area contributed by atoms with Gasteiger partial charge < -0.3 is 15.0 Å². The summed E-state index contributed by atoms with van der Waals surface area (Å²) in [6, 6.07) is 17.1. The van der Waals surface area contributed by atoms with Gasteiger partial charge in [-0.15, -0.1) is 10.2 Å². The Bertz CT molecular complexity index is 1020. The maximum Gasteiger partial charge on any atom is 0.262 e. The van der Waals surface area contributed by atoms with Crippen molar-refractivity contribution >= 4 is 17.4 Å². The highest BCUT2D eigenvalue weighted by molar-refractivity contribution is 5.92. The number of hydrogen-bond acceptors (Lipinski definition) is 5. The van der Waals surface area contributed by atoms with E-state index in [1.807, 2.05) is 30.3 Å². The number of carbonyl (C=O) groups is 1. The standard InChI is InChI=1S/C24H25FN4O2/c25-19-8-6-10-21(16-19)31-17-24(30)26-20-9-5-7-18(15-20)22-11-12-23(28-27-22)29-13-3-1-2-4-14-29/h5-12,15-16H,1-4,13-14,17H2,(H,26,30). The summed E-state index contributed by atoms with van der Waals surface area (Å²) in [6.07, 6.45) is 4.92. The third-order valence-electron chi connectivity index (χ3n) is 5.19. The maximum absolute atomic E-state index is 13.2. The van der Waals surface area contributed by atoms with Crippen LogP contribution in [0.25, 0.3) is 11.3 Å². The second-order valence-electron chi connectivity index (χ2n) is 7.55. The molecule has 1 aromatic heterocycles. The van der Waals surface area contributed by atoms with E-state index >= 15 is 0 Å². The number of ether oxygens (including phenoxy) is 1.